The average Bonchev–Trinajstić information content (AvgIpc) is 3.66. The summed E-state index contributed by atoms with van der Waals surface area (Å²) in [5, 5.41) is 20.3. The fourth-order valence-corrected chi connectivity index (χ4v) is 5.75. The Labute approximate surface area is 233 Å². The number of rotatable bonds is 5. The molecule has 0 radical (unpaired) electrons. The molecule has 11 heteroatoms. The number of imidazole rings is 1. The molecule has 0 spiro atoms. The van der Waals surface area contributed by atoms with Crippen LogP contribution in [0.2, 0.25) is 0 Å². The Bertz CT molecular complexity index is 1870. The molecule has 3 heterocycles. The predicted octanol–water partition coefficient (Wildman–Crippen LogP) is 2.89. The van der Waals surface area contributed by atoms with Gasteiger partial charge in [0.05, 0.1) is 18.4 Å². The molecule has 1 amide bonds. The van der Waals surface area contributed by atoms with Crippen molar-refractivity contribution in [2.24, 2.45) is 0 Å². The third kappa shape index (κ3) is 4.10. The molecule has 0 bridgehead atoms. The summed E-state index contributed by atoms with van der Waals surface area (Å²) >= 11 is 0. The smallest absolute Gasteiger partial charge is 0.280 e. The predicted molar refractivity (Wildman–Crippen MR) is 152 cm³/mol. The molecule has 1 fully saturated rings. The molecule has 206 valence electrons. The lowest BCUT2D eigenvalue weighted by Gasteiger charge is -2.26. The number of hydrogen-bond acceptors (Lipinski definition) is 8. The Balaban J connectivity index is 1.45. The highest BCUT2D eigenvalue weighted by Crippen LogP contribution is 2.41. The number of hydrogen-bond donors (Lipinski definition) is 4. The standard InChI is InChI=1S/C30H26N6O5/c31-29-33-26-25(27(39)34-29)32-30(36(26)24-14-22(38)23(15-37)41-24)35(28(40)16-6-2-1-3-7-16)19-10-11-21-18(13-19)12-17-8-4-5-9-20(17)21/h1-11,13,22-24,37-38H,12,14-15H2,(H3,31,33,34,39)/t22-,23+,24+/m0/s1. The van der Waals surface area contributed by atoms with Gasteiger partial charge in [-0.25, -0.2) is 9.88 Å². The lowest BCUT2D eigenvalue weighted by atomic mass is 10.0. The maximum Gasteiger partial charge on any atom is 0.280 e. The van der Waals surface area contributed by atoms with Gasteiger partial charge in [-0.3, -0.25) is 19.1 Å². The molecule has 5 aromatic rings. The topological polar surface area (TPSA) is 160 Å². The zero-order valence-corrected chi connectivity index (χ0v) is 21.8. The number of ether oxygens (including phenoxy) is 1. The van der Waals surface area contributed by atoms with Gasteiger partial charge in [0.15, 0.2) is 11.2 Å². The summed E-state index contributed by atoms with van der Waals surface area (Å²) in [7, 11) is 0. The number of nitrogens with one attached hydrogen (secondary N) is 1. The minimum atomic E-state index is -0.980. The SMILES string of the molecule is Nc1nc2c(nc(N(C(=O)c3ccccc3)c3ccc4c(c3)Cc3ccccc3-4)n2[C@H]2C[C@H](O)[C@@H](CO)O2)c(=O)[nH]1. The van der Waals surface area contributed by atoms with Gasteiger partial charge in [-0.15, -0.1) is 0 Å². The molecule has 5 N–H and O–H groups in total. The largest absolute Gasteiger partial charge is 0.394 e. The van der Waals surface area contributed by atoms with Crippen molar-refractivity contribution in [2.75, 3.05) is 17.2 Å². The third-order valence-electron chi connectivity index (χ3n) is 7.68. The Morgan fingerprint density at radius 1 is 1.05 bits per heavy atom. The first-order valence-corrected chi connectivity index (χ1v) is 13.3. The van der Waals surface area contributed by atoms with E-state index in [2.05, 4.69) is 27.1 Å². The number of aliphatic hydroxyl groups is 2. The van der Waals surface area contributed by atoms with Crippen LogP contribution in [0.3, 0.4) is 0 Å². The highest BCUT2D eigenvalue weighted by molar-refractivity contribution is 6.10. The first kappa shape index (κ1) is 25.1. The Morgan fingerprint density at radius 2 is 1.80 bits per heavy atom. The maximum absolute atomic E-state index is 14.3. The summed E-state index contributed by atoms with van der Waals surface area (Å²) in [4.78, 5) is 40.0. The van der Waals surface area contributed by atoms with Gasteiger partial charge in [0.2, 0.25) is 11.9 Å². The molecule has 7 rings (SSSR count). The number of aromatic amines is 1. The normalized spacial score (nSPS) is 19.3. The van der Waals surface area contributed by atoms with Crippen LogP contribution in [0, 0.1) is 0 Å². The van der Waals surface area contributed by atoms with E-state index < -0.39 is 30.6 Å². The summed E-state index contributed by atoms with van der Waals surface area (Å²) in [6.45, 7) is -0.409. The molecule has 2 aromatic heterocycles. The van der Waals surface area contributed by atoms with Crippen LogP contribution >= 0.6 is 0 Å². The van der Waals surface area contributed by atoms with Gasteiger partial charge in [-0.2, -0.15) is 4.98 Å². The van der Waals surface area contributed by atoms with Crippen LogP contribution in [0.4, 0.5) is 17.6 Å². The third-order valence-corrected chi connectivity index (χ3v) is 7.68. The number of nitrogens with two attached hydrogens (primary N) is 1. The van der Waals surface area contributed by atoms with E-state index in [4.69, 9.17) is 10.5 Å². The molecule has 41 heavy (non-hydrogen) atoms. The molecule has 11 nitrogen and oxygen atoms in total. The number of carbonyl (C=O) groups excluding carboxylic acids is 1. The van der Waals surface area contributed by atoms with Crippen LogP contribution in [0.25, 0.3) is 22.3 Å². The fraction of sp³-hybridized carbons (Fsp3) is 0.200. The number of carbonyl (C=O) groups is 1. The fourth-order valence-electron chi connectivity index (χ4n) is 5.75. The van der Waals surface area contributed by atoms with Crippen molar-refractivity contribution < 1.29 is 19.7 Å². The van der Waals surface area contributed by atoms with Gasteiger partial charge >= 0.3 is 0 Å². The van der Waals surface area contributed by atoms with E-state index in [1.807, 2.05) is 36.4 Å². The first-order chi connectivity index (χ1) is 19.9. The van der Waals surface area contributed by atoms with Crippen LogP contribution in [0.1, 0.15) is 34.1 Å². The lowest BCUT2D eigenvalue weighted by Crippen LogP contribution is -2.30. The summed E-state index contributed by atoms with van der Waals surface area (Å²) in [6.07, 6.45) is -1.95. The Kier molecular flexibility index (Phi) is 5.93. The van der Waals surface area contributed by atoms with Crippen molar-refractivity contribution in [3.63, 3.8) is 0 Å². The van der Waals surface area contributed by atoms with Crippen molar-refractivity contribution in [1.29, 1.82) is 0 Å². The Morgan fingerprint density at radius 3 is 2.59 bits per heavy atom. The van der Waals surface area contributed by atoms with E-state index in [1.165, 1.54) is 15.0 Å². The molecule has 3 atom stereocenters. The summed E-state index contributed by atoms with van der Waals surface area (Å²) in [5.41, 5.74) is 10.8. The molecule has 2 aliphatic rings. The van der Waals surface area contributed by atoms with Crippen molar-refractivity contribution >= 4 is 34.7 Å². The number of aromatic nitrogens is 4. The summed E-state index contributed by atoms with van der Waals surface area (Å²) in [5.74, 6) is -0.452. The number of benzene rings is 3. The zero-order chi connectivity index (χ0) is 28.2. The molecule has 1 aliphatic heterocycles. The van der Waals surface area contributed by atoms with Gasteiger partial charge < -0.3 is 20.7 Å². The summed E-state index contributed by atoms with van der Waals surface area (Å²) in [6, 6.07) is 22.7. The van der Waals surface area contributed by atoms with Gasteiger partial charge in [0.25, 0.3) is 11.5 Å². The van der Waals surface area contributed by atoms with E-state index in [9.17, 15) is 19.8 Å². The quantitative estimate of drug-likeness (QED) is 0.255. The second kappa shape index (κ2) is 9.66. The molecular formula is C30H26N6O5. The van der Waals surface area contributed by atoms with E-state index >= 15 is 0 Å². The monoisotopic (exact) mass is 550 g/mol. The van der Waals surface area contributed by atoms with Crippen LogP contribution in [0.5, 0.6) is 0 Å². The second-order valence-corrected chi connectivity index (χ2v) is 10.2. The number of H-pyrrole nitrogens is 1. The molecular weight excluding hydrogens is 524 g/mol. The van der Waals surface area contributed by atoms with E-state index in [1.54, 1.807) is 24.3 Å². The molecule has 1 saturated heterocycles. The lowest BCUT2D eigenvalue weighted by molar-refractivity contribution is -0.0426. The number of aliphatic hydroxyl groups excluding tert-OH is 2. The first-order valence-electron chi connectivity index (χ1n) is 13.3. The van der Waals surface area contributed by atoms with Gasteiger partial charge in [0.1, 0.15) is 12.3 Å². The van der Waals surface area contributed by atoms with E-state index in [0.29, 0.717) is 17.7 Å². The van der Waals surface area contributed by atoms with Crippen LogP contribution in [-0.4, -0.2) is 54.5 Å². The van der Waals surface area contributed by atoms with Gasteiger partial charge in [0, 0.05) is 12.0 Å². The zero-order valence-electron chi connectivity index (χ0n) is 21.8. The minimum absolute atomic E-state index is 0.0424. The van der Waals surface area contributed by atoms with Crippen LogP contribution in [-0.2, 0) is 11.2 Å². The highest BCUT2D eigenvalue weighted by atomic mass is 16.5. The maximum atomic E-state index is 14.3. The number of nitrogens with zero attached hydrogens (tertiary/aromatic N) is 4. The number of fused-ring (bicyclic) bond motifs is 4. The molecule has 3 aromatic carbocycles. The average molecular weight is 551 g/mol. The molecule has 0 saturated carbocycles. The van der Waals surface area contributed by atoms with E-state index in [0.717, 1.165) is 16.7 Å². The van der Waals surface area contributed by atoms with Gasteiger partial charge in [-0.1, -0.05) is 48.5 Å². The van der Waals surface area contributed by atoms with Crippen LogP contribution < -0.4 is 16.2 Å². The van der Waals surface area contributed by atoms with Crippen LogP contribution in [0.15, 0.2) is 77.6 Å². The van der Waals surface area contributed by atoms with Crippen molar-refractivity contribution in [1.82, 2.24) is 19.5 Å². The number of nitrogen functional groups attached to an aromatic ring is 1. The summed E-state index contributed by atoms with van der Waals surface area (Å²) < 4.78 is 7.48. The Hall–Kier alpha value is -4.84. The van der Waals surface area contributed by atoms with Crippen molar-refractivity contribution in [3.05, 3.63) is 99.8 Å². The minimum Gasteiger partial charge on any atom is -0.394 e. The highest BCUT2D eigenvalue weighted by Gasteiger charge is 2.39. The molecule has 1 aliphatic carbocycles. The van der Waals surface area contributed by atoms with E-state index in [-0.39, 0.29) is 35.4 Å². The number of anilines is 3. The molecule has 0 unspecified atom stereocenters. The van der Waals surface area contributed by atoms with Crippen molar-refractivity contribution in [2.45, 2.75) is 31.3 Å². The van der Waals surface area contributed by atoms with Crippen molar-refractivity contribution in [3.8, 4) is 11.1 Å². The number of amides is 1. The van der Waals surface area contributed by atoms with Gasteiger partial charge in [-0.05, 0) is 52.9 Å². The second-order valence-electron chi connectivity index (χ2n) is 10.2.